The summed E-state index contributed by atoms with van der Waals surface area (Å²) in [6.45, 7) is 0. The highest BCUT2D eigenvalue weighted by Crippen LogP contribution is 2.34. The summed E-state index contributed by atoms with van der Waals surface area (Å²) in [6.07, 6.45) is 2.32. The van der Waals surface area contributed by atoms with Crippen molar-refractivity contribution in [3.63, 3.8) is 0 Å². The van der Waals surface area contributed by atoms with Crippen molar-refractivity contribution < 1.29 is 22.4 Å². The van der Waals surface area contributed by atoms with Crippen LogP contribution in [0.5, 0.6) is 0 Å². The first-order valence-electron chi connectivity index (χ1n) is 9.18. The molecular formula is C21H18F3N3O2. The number of hydrogen-bond acceptors (Lipinski definition) is 4. The molecule has 2 heterocycles. The SMILES string of the molecule is O=C(N[C@H]1C=C(Nc2cc(C(F)(F)F)nc3ccccc23)CCC1)c1ccoc1. The Morgan fingerprint density at radius 2 is 2.03 bits per heavy atom. The predicted octanol–water partition coefficient (Wildman–Crippen LogP) is 5.12. The molecule has 0 radical (unpaired) electrons. The van der Waals surface area contributed by atoms with E-state index in [2.05, 4.69) is 15.6 Å². The molecule has 1 amide bonds. The van der Waals surface area contributed by atoms with Gasteiger partial charge < -0.3 is 15.1 Å². The van der Waals surface area contributed by atoms with Crippen molar-refractivity contribution in [1.29, 1.82) is 0 Å². The Morgan fingerprint density at radius 3 is 2.79 bits per heavy atom. The number of alkyl halides is 3. The summed E-state index contributed by atoms with van der Waals surface area (Å²) >= 11 is 0. The van der Waals surface area contributed by atoms with E-state index in [0.717, 1.165) is 24.6 Å². The highest BCUT2D eigenvalue weighted by Gasteiger charge is 2.33. The Labute approximate surface area is 164 Å². The summed E-state index contributed by atoms with van der Waals surface area (Å²) in [6, 6.07) is 9.07. The standard InChI is InChI=1S/C21H18F3N3O2/c22-21(23,24)19-11-18(16-6-1-2-7-17(16)27-19)25-14-4-3-5-15(10-14)26-20(28)13-8-9-29-12-13/h1-2,6-12,15H,3-5H2,(H,25,27)(H,26,28)/t15-/m1/s1. The number of rotatable bonds is 4. The molecule has 5 nitrogen and oxygen atoms in total. The number of fused-ring (bicyclic) bond motifs is 1. The van der Waals surface area contributed by atoms with Crippen LogP contribution in [0.15, 0.2) is 65.1 Å². The van der Waals surface area contributed by atoms with Crippen LogP contribution in [0.2, 0.25) is 0 Å². The van der Waals surface area contributed by atoms with E-state index in [4.69, 9.17) is 4.42 Å². The third-order valence-corrected chi connectivity index (χ3v) is 4.77. The molecule has 0 saturated carbocycles. The Kier molecular flexibility index (Phi) is 5.00. The maximum atomic E-state index is 13.3. The summed E-state index contributed by atoms with van der Waals surface area (Å²) in [5, 5.41) is 6.63. The lowest BCUT2D eigenvalue weighted by atomic mass is 9.99. The summed E-state index contributed by atoms with van der Waals surface area (Å²) in [4.78, 5) is 15.9. The number of nitrogens with zero attached hydrogens (tertiary/aromatic N) is 1. The molecule has 0 spiro atoms. The van der Waals surface area contributed by atoms with Gasteiger partial charge in [-0.2, -0.15) is 13.2 Å². The van der Waals surface area contributed by atoms with Crippen LogP contribution < -0.4 is 10.6 Å². The first kappa shape index (κ1) is 19.0. The van der Waals surface area contributed by atoms with Gasteiger partial charge in [0.1, 0.15) is 12.0 Å². The van der Waals surface area contributed by atoms with Gasteiger partial charge in [0.25, 0.3) is 5.91 Å². The molecule has 0 aliphatic heterocycles. The Hall–Kier alpha value is -3.29. The largest absolute Gasteiger partial charge is 0.472 e. The molecule has 0 saturated heterocycles. The number of pyridine rings is 1. The predicted molar refractivity (Wildman–Crippen MR) is 102 cm³/mol. The number of anilines is 1. The van der Waals surface area contributed by atoms with Gasteiger partial charge in [-0.25, -0.2) is 4.98 Å². The van der Waals surface area contributed by atoms with E-state index in [1.54, 1.807) is 30.3 Å². The molecule has 29 heavy (non-hydrogen) atoms. The summed E-state index contributed by atoms with van der Waals surface area (Å²) < 4.78 is 44.7. The number of amides is 1. The zero-order chi connectivity index (χ0) is 20.4. The van der Waals surface area contributed by atoms with Crippen molar-refractivity contribution in [3.05, 3.63) is 72.0 Å². The quantitative estimate of drug-likeness (QED) is 0.636. The van der Waals surface area contributed by atoms with Crippen LogP contribution in [0.4, 0.5) is 18.9 Å². The highest BCUT2D eigenvalue weighted by molar-refractivity contribution is 5.94. The van der Waals surface area contributed by atoms with Gasteiger partial charge in [-0.05, 0) is 43.5 Å². The van der Waals surface area contributed by atoms with Crippen LogP contribution in [0.25, 0.3) is 10.9 Å². The van der Waals surface area contributed by atoms with Crippen molar-refractivity contribution in [2.45, 2.75) is 31.5 Å². The molecule has 1 aliphatic carbocycles. The molecule has 1 aromatic carbocycles. The number of carbonyl (C=O) groups is 1. The second-order valence-corrected chi connectivity index (χ2v) is 6.87. The Morgan fingerprint density at radius 1 is 1.21 bits per heavy atom. The third-order valence-electron chi connectivity index (χ3n) is 4.77. The maximum Gasteiger partial charge on any atom is 0.433 e. The van der Waals surface area contributed by atoms with Crippen LogP contribution in [-0.2, 0) is 6.18 Å². The van der Waals surface area contributed by atoms with Gasteiger partial charge in [0.05, 0.1) is 17.3 Å². The summed E-state index contributed by atoms with van der Waals surface area (Å²) in [5.74, 6) is -0.255. The van der Waals surface area contributed by atoms with Crippen LogP contribution >= 0.6 is 0 Å². The normalized spacial score (nSPS) is 17.1. The zero-order valence-electron chi connectivity index (χ0n) is 15.3. The topological polar surface area (TPSA) is 67.2 Å². The minimum atomic E-state index is -4.54. The second kappa shape index (κ2) is 7.62. The molecule has 8 heteroatoms. The average molecular weight is 401 g/mol. The molecule has 2 N–H and O–H groups in total. The number of nitrogens with one attached hydrogen (secondary N) is 2. The summed E-state index contributed by atoms with van der Waals surface area (Å²) in [5.41, 5.74) is 0.855. The molecular weight excluding hydrogens is 383 g/mol. The van der Waals surface area contributed by atoms with Crippen LogP contribution in [0.3, 0.4) is 0 Å². The number of furan rings is 1. The molecule has 0 bridgehead atoms. The van der Waals surface area contributed by atoms with Gasteiger partial charge >= 0.3 is 6.18 Å². The minimum Gasteiger partial charge on any atom is -0.472 e. The first-order chi connectivity index (χ1) is 13.9. The second-order valence-electron chi connectivity index (χ2n) is 6.87. The fourth-order valence-corrected chi connectivity index (χ4v) is 3.38. The fourth-order valence-electron chi connectivity index (χ4n) is 3.38. The lowest BCUT2D eigenvalue weighted by molar-refractivity contribution is -0.140. The Balaban J connectivity index is 1.60. The van der Waals surface area contributed by atoms with E-state index in [9.17, 15) is 18.0 Å². The zero-order valence-corrected chi connectivity index (χ0v) is 15.3. The molecule has 2 aromatic heterocycles. The number of benzene rings is 1. The van der Waals surface area contributed by atoms with E-state index >= 15 is 0 Å². The molecule has 1 aliphatic rings. The van der Waals surface area contributed by atoms with Gasteiger partial charge in [0.2, 0.25) is 0 Å². The number of aromatic nitrogens is 1. The lowest BCUT2D eigenvalue weighted by Gasteiger charge is -2.23. The van der Waals surface area contributed by atoms with Gasteiger partial charge in [-0.3, -0.25) is 4.79 Å². The van der Waals surface area contributed by atoms with Crippen molar-refractivity contribution in [2.24, 2.45) is 0 Å². The lowest BCUT2D eigenvalue weighted by Crippen LogP contribution is -2.35. The first-order valence-corrected chi connectivity index (χ1v) is 9.18. The number of allylic oxidation sites excluding steroid dienone is 1. The van der Waals surface area contributed by atoms with Gasteiger partial charge in [-0.1, -0.05) is 18.2 Å². The van der Waals surface area contributed by atoms with E-state index < -0.39 is 11.9 Å². The van der Waals surface area contributed by atoms with Crippen molar-refractivity contribution in [3.8, 4) is 0 Å². The van der Waals surface area contributed by atoms with Crippen molar-refractivity contribution >= 4 is 22.5 Å². The molecule has 0 unspecified atom stereocenters. The Bertz CT molecular complexity index is 1060. The van der Waals surface area contributed by atoms with Gasteiger partial charge in [-0.15, -0.1) is 0 Å². The molecule has 3 aromatic rings. The highest BCUT2D eigenvalue weighted by atomic mass is 19.4. The van der Waals surface area contributed by atoms with Crippen molar-refractivity contribution in [1.82, 2.24) is 10.3 Å². The number of carbonyl (C=O) groups excluding carboxylic acids is 1. The van der Waals surface area contributed by atoms with E-state index in [1.165, 1.54) is 12.5 Å². The van der Waals surface area contributed by atoms with Gasteiger partial charge in [0, 0.05) is 22.8 Å². The van der Waals surface area contributed by atoms with Crippen LogP contribution in [0.1, 0.15) is 35.3 Å². The molecule has 4 rings (SSSR count). The molecule has 150 valence electrons. The van der Waals surface area contributed by atoms with Crippen LogP contribution in [0, 0.1) is 0 Å². The minimum absolute atomic E-state index is 0.219. The van der Waals surface area contributed by atoms with E-state index in [1.807, 2.05) is 6.08 Å². The third kappa shape index (κ3) is 4.26. The fraction of sp³-hybridized carbons (Fsp3) is 0.238. The summed E-state index contributed by atoms with van der Waals surface area (Å²) in [7, 11) is 0. The van der Waals surface area contributed by atoms with Crippen molar-refractivity contribution in [2.75, 3.05) is 5.32 Å². The van der Waals surface area contributed by atoms with E-state index in [-0.39, 0.29) is 17.5 Å². The molecule has 0 fully saturated rings. The van der Waals surface area contributed by atoms with E-state index in [0.29, 0.717) is 23.1 Å². The average Bonchev–Trinajstić information content (AvgIpc) is 3.22. The maximum absolute atomic E-state index is 13.3. The number of para-hydroxylation sites is 1. The smallest absolute Gasteiger partial charge is 0.433 e. The van der Waals surface area contributed by atoms with Gasteiger partial charge in [0.15, 0.2) is 0 Å². The number of hydrogen-bond donors (Lipinski definition) is 2. The number of halogens is 3. The monoisotopic (exact) mass is 401 g/mol. The molecule has 1 atom stereocenters. The van der Waals surface area contributed by atoms with Crippen LogP contribution in [-0.4, -0.2) is 16.9 Å².